The molecule has 10 heteroatoms. The molecule has 2 atom stereocenters. The zero-order valence-electron chi connectivity index (χ0n) is 18.1. The SMILES string of the molecule is CCOC(=O)c1cn([C@@H]2C[C@@H](C(=O)OC(C)(C)C)N(C(=O)OC(C)(C)C)C2)nn1. The van der Waals surface area contributed by atoms with E-state index < -0.39 is 35.3 Å². The lowest BCUT2D eigenvalue weighted by Crippen LogP contribution is -2.45. The van der Waals surface area contributed by atoms with Crippen LogP contribution >= 0.6 is 0 Å². The standard InChI is InChI=1S/C19H30N4O6/c1-8-27-15(24)13-11-23(21-20-13)12-9-14(16(25)28-18(2,3)4)22(10-12)17(26)29-19(5,6)7/h11-12,14H,8-10H2,1-7H3/t12-,14+/m1/s1. The molecule has 2 rings (SSSR count). The Morgan fingerprint density at radius 3 is 2.28 bits per heavy atom. The van der Waals surface area contributed by atoms with E-state index in [0.29, 0.717) is 0 Å². The van der Waals surface area contributed by atoms with Crippen molar-refractivity contribution in [3.63, 3.8) is 0 Å². The molecule has 0 saturated carbocycles. The lowest BCUT2D eigenvalue weighted by Gasteiger charge is -2.29. The first-order valence-corrected chi connectivity index (χ1v) is 9.62. The van der Waals surface area contributed by atoms with Gasteiger partial charge in [-0.05, 0) is 48.5 Å². The second-order valence-corrected chi connectivity index (χ2v) is 8.88. The van der Waals surface area contributed by atoms with Gasteiger partial charge in [0.1, 0.15) is 17.2 Å². The summed E-state index contributed by atoms with van der Waals surface area (Å²) in [6, 6.07) is -1.19. The molecule has 1 aromatic rings. The van der Waals surface area contributed by atoms with E-state index in [1.165, 1.54) is 15.8 Å². The Hall–Kier alpha value is -2.65. The fraction of sp³-hybridized carbons (Fsp3) is 0.737. The van der Waals surface area contributed by atoms with E-state index in [0.717, 1.165) is 0 Å². The van der Waals surface area contributed by atoms with Gasteiger partial charge in [0, 0.05) is 13.0 Å². The quantitative estimate of drug-likeness (QED) is 0.549. The number of carbonyl (C=O) groups is 3. The van der Waals surface area contributed by atoms with Crippen LogP contribution in [0.25, 0.3) is 0 Å². The largest absolute Gasteiger partial charge is 0.461 e. The molecule has 1 saturated heterocycles. The van der Waals surface area contributed by atoms with E-state index in [1.807, 2.05) is 0 Å². The van der Waals surface area contributed by atoms with Crippen molar-refractivity contribution in [3.8, 4) is 0 Å². The van der Waals surface area contributed by atoms with Crippen LogP contribution in [0.2, 0.25) is 0 Å². The maximum atomic E-state index is 12.7. The molecule has 29 heavy (non-hydrogen) atoms. The van der Waals surface area contributed by atoms with Gasteiger partial charge < -0.3 is 14.2 Å². The molecule has 1 amide bonds. The van der Waals surface area contributed by atoms with Crippen molar-refractivity contribution >= 4 is 18.0 Å². The second-order valence-electron chi connectivity index (χ2n) is 8.88. The third-order valence-electron chi connectivity index (χ3n) is 3.95. The molecule has 0 N–H and O–H groups in total. The molecule has 0 spiro atoms. The molecule has 0 aromatic carbocycles. The number of aromatic nitrogens is 3. The number of hydrogen-bond donors (Lipinski definition) is 0. The maximum absolute atomic E-state index is 12.7. The normalized spacial score (nSPS) is 19.8. The van der Waals surface area contributed by atoms with Crippen LogP contribution in [0.5, 0.6) is 0 Å². The van der Waals surface area contributed by atoms with Gasteiger partial charge in [-0.2, -0.15) is 0 Å². The molecule has 0 aliphatic carbocycles. The third-order valence-corrected chi connectivity index (χ3v) is 3.95. The van der Waals surface area contributed by atoms with Crippen LogP contribution in [0.1, 0.15) is 71.4 Å². The second kappa shape index (κ2) is 8.38. The van der Waals surface area contributed by atoms with E-state index in [4.69, 9.17) is 14.2 Å². The van der Waals surface area contributed by atoms with Crippen molar-refractivity contribution in [1.29, 1.82) is 0 Å². The summed E-state index contributed by atoms with van der Waals surface area (Å²) in [7, 11) is 0. The van der Waals surface area contributed by atoms with Gasteiger partial charge in [-0.1, -0.05) is 5.21 Å². The monoisotopic (exact) mass is 410 g/mol. The summed E-state index contributed by atoms with van der Waals surface area (Å²) in [6.45, 7) is 12.6. The maximum Gasteiger partial charge on any atom is 0.411 e. The van der Waals surface area contributed by atoms with Crippen LogP contribution in [-0.2, 0) is 19.0 Å². The summed E-state index contributed by atoms with van der Waals surface area (Å²) in [5.74, 6) is -1.10. The van der Waals surface area contributed by atoms with Gasteiger partial charge >= 0.3 is 18.0 Å². The lowest BCUT2D eigenvalue weighted by atomic mass is 10.1. The van der Waals surface area contributed by atoms with Gasteiger partial charge in [-0.3, -0.25) is 4.90 Å². The molecule has 0 bridgehead atoms. The zero-order valence-corrected chi connectivity index (χ0v) is 18.1. The number of ether oxygens (including phenoxy) is 3. The van der Waals surface area contributed by atoms with Crippen molar-refractivity contribution in [2.75, 3.05) is 13.2 Å². The number of hydrogen-bond acceptors (Lipinski definition) is 8. The minimum atomic E-state index is -0.829. The molecule has 1 aliphatic rings. The molecule has 1 aromatic heterocycles. The van der Waals surface area contributed by atoms with Crippen LogP contribution in [-0.4, -0.2) is 68.3 Å². The van der Waals surface area contributed by atoms with Crippen LogP contribution in [0.3, 0.4) is 0 Å². The molecule has 162 valence electrons. The minimum absolute atomic E-state index is 0.0661. The third kappa shape index (κ3) is 6.16. The van der Waals surface area contributed by atoms with Gasteiger partial charge in [-0.15, -0.1) is 5.10 Å². The van der Waals surface area contributed by atoms with Gasteiger partial charge in [0.15, 0.2) is 5.69 Å². The Bertz CT molecular complexity index is 725. The van der Waals surface area contributed by atoms with Gasteiger partial charge in [-0.25, -0.2) is 19.1 Å². The van der Waals surface area contributed by atoms with Crippen LogP contribution in [0.4, 0.5) is 4.79 Å². The number of carbonyl (C=O) groups excluding carboxylic acids is 3. The summed E-state index contributed by atoms with van der Waals surface area (Å²) in [6.07, 6.45) is 1.11. The minimum Gasteiger partial charge on any atom is -0.461 e. The van der Waals surface area contributed by atoms with E-state index in [-0.39, 0.29) is 31.3 Å². The van der Waals surface area contributed by atoms with Crippen molar-refractivity contribution in [1.82, 2.24) is 19.9 Å². The van der Waals surface area contributed by atoms with E-state index in [9.17, 15) is 14.4 Å². The zero-order chi connectivity index (χ0) is 22.0. The molecule has 0 radical (unpaired) electrons. The first kappa shape index (κ1) is 22.6. The summed E-state index contributed by atoms with van der Waals surface area (Å²) in [5.41, 5.74) is -1.34. The Kier molecular flexibility index (Phi) is 6.54. The molecular formula is C19H30N4O6. The number of esters is 2. The van der Waals surface area contributed by atoms with Gasteiger partial charge in [0.05, 0.1) is 18.8 Å². The Labute approximate surface area is 170 Å². The number of likely N-dealkylation sites (tertiary alicyclic amines) is 1. The Morgan fingerprint density at radius 1 is 1.10 bits per heavy atom. The summed E-state index contributed by atoms with van der Waals surface area (Å²) in [4.78, 5) is 38.6. The smallest absolute Gasteiger partial charge is 0.411 e. The molecule has 1 aliphatic heterocycles. The van der Waals surface area contributed by atoms with Crippen molar-refractivity contribution in [3.05, 3.63) is 11.9 Å². The molecular weight excluding hydrogens is 380 g/mol. The van der Waals surface area contributed by atoms with E-state index in [1.54, 1.807) is 48.5 Å². The Balaban J connectivity index is 2.23. The topological polar surface area (TPSA) is 113 Å². The van der Waals surface area contributed by atoms with Crippen molar-refractivity contribution < 1.29 is 28.6 Å². The predicted molar refractivity (Wildman–Crippen MR) is 102 cm³/mol. The number of amides is 1. The predicted octanol–water partition coefficient (Wildman–Crippen LogP) is 2.35. The summed E-state index contributed by atoms with van der Waals surface area (Å²) < 4.78 is 17.3. The number of rotatable bonds is 4. The van der Waals surface area contributed by atoms with Gasteiger partial charge in [0.2, 0.25) is 0 Å². The van der Waals surface area contributed by atoms with Crippen LogP contribution in [0.15, 0.2) is 6.20 Å². The van der Waals surface area contributed by atoms with E-state index >= 15 is 0 Å². The Morgan fingerprint density at radius 2 is 1.72 bits per heavy atom. The van der Waals surface area contributed by atoms with Crippen LogP contribution < -0.4 is 0 Å². The fourth-order valence-electron chi connectivity index (χ4n) is 2.87. The summed E-state index contributed by atoms with van der Waals surface area (Å²) in [5, 5.41) is 7.80. The fourth-order valence-corrected chi connectivity index (χ4v) is 2.87. The van der Waals surface area contributed by atoms with E-state index in [2.05, 4.69) is 10.3 Å². The highest BCUT2D eigenvalue weighted by atomic mass is 16.6. The van der Waals surface area contributed by atoms with Crippen LogP contribution in [0, 0.1) is 0 Å². The van der Waals surface area contributed by atoms with Crippen molar-refractivity contribution in [2.24, 2.45) is 0 Å². The number of nitrogens with zero attached hydrogens (tertiary/aromatic N) is 4. The van der Waals surface area contributed by atoms with Crippen molar-refractivity contribution in [2.45, 2.75) is 78.2 Å². The summed E-state index contributed by atoms with van der Waals surface area (Å²) >= 11 is 0. The highest BCUT2D eigenvalue weighted by molar-refractivity contribution is 5.86. The average molecular weight is 410 g/mol. The molecule has 2 heterocycles. The van der Waals surface area contributed by atoms with Gasteiger partial charge in [0.25, 0.3) is 0 Å². The molecule has 1 fully saturated rings. The first-order chi connectivity index (χ1) is 13.3. The molecule has 0 unspecified atom stereocenters. The first-order valence-electron chi connectivity index (χ1n) is 9.62. The lowest BCUT2D eigenvalue weighted by molar-refractivity contribution is -0.160. The average Bonchev–Trinajstić information content (AvgIpc) is 3.19. The highest BCUT2D eigenvalue weighted by Crippen LogP contribution is 2.30. The highest BCUT2D eigenvalue weighted by Gasteiger charge is 2.44. The molecule has 10 nitrogen and oxygen atoms in total.